The third-order valence-electron chi connectivity index (χ3n) is 3.98. The molecular weight excluding hydrogens is 210 g/mol. The van der Waals surface area contributed by atoms with E-state index in [-0.39, 0.29) is 0 Å². The van der Waals surface area contributed by atoms with Gasteiger partial charge in [-0.1, -0.05) is 51.2 Å². The lowest BCUT2D eigenvalue weighted by Gasteiger charge is -2.37. The average Bonchev–Trinajstić information content (AvgIpc) is 2.16. The summed E-state index contributed by atoms with van der Waals surface area (Å²) in [6, 6.07) is 9.09. The molecule has 0 spiro atoms. The van der Waals surface area contributed by atoms with Crippen molar-refractivity contribution in [2.45, 2.75) is 38.9 Å². The molecule has 0 saturated heterocycles. The highest BCUT2D eigenvalue weighted by molar-refractivity contribution is 6.92. The van der Waals surface area contributed by atoms with Crippen molar-refractivity contribution < 1.29 is 0 Å². The Morgan fingerprint density at radius 1 is 0.938 bits per heavy atom. The van der Waals surface area contributed by atoms with Gasteiger partial charge in [-0.3, -0.25) is 0 Å². The minimum absolute atomic E-state index is 0.409. The minimum atomic E-state index is -1.36. The Hall–Kier alpha value is -0.763. The standard InChI is InChI=1S/C14H25NSi/c1-14(2,3)16(6,7)13-10-8-12(9-11-13)15(4)5/h8-11H,1-7H3. The third kappa shape index (κ3) is 2.49. The summed E-state index contributed by atoms with van der Waals surface area (Å²) >= 11 is 0. The van der Waals surface area contributed by atoms with E-state index in [9.17, 15) is 0 Å². The first-order valence-corrected chi connectivity index (χ1v) is 8.94. The summed E-state index contributed by atoms with van der Waals surface area (Å²) in [6.07, 6.45) is 0. The van der Waals surface area contributed by atoms with Crippen LogP contribution in [0.25, 0.3) is 0 Å². The van der Waals surface area contributed by atoms with Gasteiger partial charge in [-0.15, -0.1) is 0 Å². The molecule has 90 valence electrons. The van der Waals surface area contributed by atoms with Crippen LogP contribution in [0.15, 0.2) is 24.3 Å². The van der Waals surface area contributed by atoms with Crippen molar-refractivity contribution >= 4 is 18.9 Å². The summed E-state index contributed by atoms with van der Waals surface area (Å²) in [7, 11) is 2.81. The number of hydrogen-bond donors (Lipinski definition) is 0. The van der Waals surface area contributed by atoms with E-state index < -0.39 is 8.07 Å². The molecule has 1 nitrogen and oxygen atoms in total. The summed E-state index contributed by atoms with van der Waals surface area (Å²) in [5.41, 5.74) is 1.28. The number of nitrogens with zero attached hydrogens (tertiary/aromatic N) is 1. The summed E-state index contributed by atoms with van der Waals surface area (Å²) in [4.78, 5) is 2.15. The largest absolute Gasteiger partial charge is 0.378 e. The molecule has 0 aromatic heterocycles. The van der Waals surface area contributed by atoms with Crippen molar-refractivity contribution in [1.29, 1.82) is 0 Å². The Bertz CT molecular complexity index is 344. The Kier molecular flexibility index (Phi) is 3.53. The van der Waals surface area contributed by atoms with E-state index in [1.54, 1.807) is 5.19 Å². The number of hydrogen-bond acceptors (Lipinski definition) is 1. The molecule has 0 fully saturated rings. The van der Waals surface area contributed by atoms with Gasteiger partial charge in [-0.25, -0.2) is 0 Å². The quantitative estimate of drug-likeness (QED) is 0.710. The van der Waals surface area contributed by atoms with E-state index in [2.05, 4.69) is 77.1 Å². The third-order valence-corrected chi connectivity index (χ3v) is 9.51. The Labute approximate surface area is 101 Å². The Morgan fingerprint density at radius 3 is 1.69 bits per heavy atom. The van der Waals surface area contributed by atoms with Gasteiger partial charge in [-0.05, 0) is 17.2 Å². The molecule has 0 aliphatic carbocycles. The molecule has 0 aliphatic heterocycles. The maximum Gasteiger partial charge on any atom is 0.0859 e. The van der Waals surface area contributed by atoms with E-state index >= 15 is 0 Å². The van der Waals surface area contributed by atoms with Crippen molar-refractivity contribution in [2.24, 2.45) is 0 Å². The molecular formula is C14H25NSi. The molecule has 0 amide bonds. The molecule has 1 rings (SSSR count). The summed E-state index contributed by atoms with van der Waals surface area (Å²) in [5, 5.41) is 1.96. The molecule has 1 aromatic carbocycles. The zero-order valence-corrected chi connectivity index (χ0v) is 12.8. The molecule has 0 heterocycles. The van der Waals surface area contributed by atoms with Crippen molar-refractivity contribution in [3.05, 3.63) is 24.3 Å². The lowest BCUT2D eigenvalue weighted by molar-refractivity contribution is 0.729. The van der Waals surface area contributed by atoms with Crippen LogP contribution in [0.2, 0.25) is 18.1 Å². The van der Waals surface area contributed by atoms with E-state index in [1.807, 2.05) is 0 Å². The smallest absolute Gasteiger partial charge is 0.0859 e. The number of rotatable bonds is 2. The topological polar surface area (TPSA) is 3.24 Å². The lowest BCUT2D eigenvalue weighted by atomic mass is 10.2. The minimum Gasteiger partial charge on any atom is -0.378 e. The van der Waals surface area contributed by atoms with E-state index in [1.165, 1.54) is 5.69 Å². The van der Waals surface area contributed by atoms with Crippen molar-refractivity contribution in [1.82, 2.24) is 0 Å². The predicted molar refractivity (Wildman–Crippen MR) is 77.6 cm³/mol. The summed E-state index contributed by atoms with van der Waals surface area (Å²) in [6.45, 7) is 12.0. The fraction of sp³-hybridized carbons (Fsp3) is 0.571. The van der Waals surface area contributed by atoms with Crippen LogP contribution in [0.1, 0.15) is 20.8 Å². The molecule has 0 atom stereocenters. The molecule has 0 aliphatic rings. The van der Waals surface area contributed by atoms with Crippen LogP contribution >= 0.6 is 0 Å². The number of benzene rings is 1. The van der Waals surface area contributed by atoms with Gasteiger partial charge >= 0.3 is 0 Å². The van der Waals surface area contributed by atoms with Crippen LogP contribution in [-0.4, -0.2) is 22.2 Å². The molecule has 0 unspecified atom stereocenters. The molecule has 0 radical (unpaired) electrons. The highest BCUT2D eigenvalue weighted by atomic mass is 28.3. The maximum absolute atomic E-state index is 2.46. The lowest BCUT2D eigenvalue weighted by Crippen LogP contribution is -2.49. The first kappa shape index (κ1) is 13.3. The normalized spacial score (nSPS) is 12.7. The first-order chi connectivity index (χ1) is 7.16. The van der Waals surface area contributed by atoms with Gasteiger partial charge < -0.3 is 4.90 Å². The second-order valence-corrected chi connectivity index (χ2v) is 11.6. The molecule has 0 saturated carbocycles. The Morgan fingerprint density at radius 2 is 1.38 bits per heavy atom. The van der Waals surface area contributed by atoms with Gasteiger partial charge in [0.05, 0.1) is 8.07 Å². The molecule has 0 N–H and O–H groups in total. The SMILES string of the molecule is CN(C)c1ccc([Si](C)(C)C(C)(C)C)cc1. The summed E-state index contributed by atoms with van der Waals surface area (Å²) < 4.78 is 0. The van der Waals surface area contributed by atoms with Crippen LogP contribution in [0.5, 0.6) is 0 Å². The first-order valence-electron chi connectivity index (χ1n) is 5.94. The zero-order chi connectivity index (χ0) is 12.6. The van der Waals surface area contributed by atoms with Gasteiger partial charge in [-0.2, -0.15) is 0 Å². The van der Waals surface area contributed by atoms with Crippen LogP contribution in [0.4, 0.5) is 5.69 Å². The van der Waals surface area contributed by atoms with Gasteiger partial charge in [0, 0.05) is 19.8 Å². The average molecular weight is 235 g/mol. The van der Waals surface area contributed by atoms with Crippen LogP contribution in [0, 0.1) is 0 Å². The Balaban J connectivity index is 3.07. The van der Waals surface area contributed by atoms with Crippen molar-refractivity contribution in [2.75, 3.05) is 19.0 Å². The second kappa shape index (κ2) is 4.25. The van der Waals surface area contributed by atoms with Crippen molar-refractivity contribution in [3.8, 4) is 0 Å². The predicted octanol–water partition coefficient (Wildman–Crippen LogP) is 3.47. The van der Waals surface area contributed by atoms with Crippen LogP contribution in [-0.2, 0) is 0 Å². The van der Waals surface area contributed by atoms with Gasteiger partial charge in [0.25, 0.3) is 0 Å². The number of anilines is 1. The molecule has 1 aromatic rings. The molecule has 2 heteroatoms. The van der Waals surface area contributed by atoms with E-state index in [4.69, 9.17) is 0 Å². The summed E-state index contributed by atoms with van der Waals surface area (Å²) in [5.74, 6) is 0. The van der Waals surface area contributed by atoms with Gasteiger partial charge in [0.2, 0.25) is 0 Å². The van der Waals surface area contributed by atoms with E-state index in [0.717, 1.165) is 0 Å². The van der Waals surface area contributed by atoms with Crippen LogP contribution in [0.3, 0.4) is 0 Å². The second-order valence-electron chi connectivity index (χ2n) is 6.32. The zero-order valence-electron chi connectivity index (χ0n) is 11.8. The highest BCUT2D eigenvalue weighted by Gasteiger charge is 2.36. The van der Waals surface area contributed by atoms with Crippen LogP contribution < -0.4 is 10.1 Å². The highest BCUT2D eigenvalue weighted by Crippen LogP contribution is 2.35. The monoisotopic (exact) mass is 235 g/mol. The molecule has 16 heavy (non-hydrogen) atoms. The molecule has 0 bridgehead atoms. The van der Waals surface area contributed by atoms with Crippen molar-refractivity contribution in [3.63, 3.8) is 0 Å². The fourth-order valence-corrected chi connectivity index (χ4v) is 3.48. The maximum atomic E-state index is 2.46. The van der Waals surface area contributed by atoms with Gasteiger partial charge in [0.1, 0.15) is 0 Å². The van der Waals surface area contributed by atoms with E-state index in [0.29, 0.717) is 5.04 Å². The van der Waals surface area contributed by atoms with Gasteiger partial charge in [0.15, 0.2) is 0 Å². The fourth-order valence-electron chi connectivity index (χ4n) is 1.61.